The lowest BCUT2D eigenvalue weighted by Crippen LogP contribution is -2.18. The maximum Gasteiger partial charge on any atom is 0.0544 e. The van der Waals surface area contributed by atoms with Gasteiger partial charge in [0.1, 0.15) is 0 Å². The number of aromatic nitrogens is 2. The molecule has 0 aliphatic heterocycles. The van der Waals surface area contributed by atoms with Crippen LogP contribution in [0.25, 0.3) is 0 Å². The van der Waals surface area contributed by atoms with Crippen LogP contribution in [0.5, 0.6) is 0 Å². The first kappa shape index (κ1) is 15.6. The van der Waals surface area contributed by atoms with Gasteiger partial charge >= 0.3 is 0 Å². The molecule has 0 saturated carbocycles. The average Bonchev–Trinajstić information content (AvgIpc) is 2.50. The lowest BCUT2D eigenvalue weighted by atomic mass is 10.2. The molecule has 0 bridgehead atoms. The van der Waals surface area contributed by atoms with Gasteiger partial charge in [0, 0.05) is 38.2 Å². The van der Waals surface area contributed by atoms with E-state index >= 15 is 0 Å². The molecule has 0 atom stereocenters. The van der Waals surface area contributed by atoms with Gasteiger partial charge in [-0.15, -0.1) is 0 Å². The number of hydrogen-bond donors (Lipinski definition) is 1. The number of nitrogens with zero attached hydrogens (tertiary/aromatic N) is 3. The third-order valence-corrected chi connectivity index (χ3v) is 3.25. The third-order valence-electron chi connectivity index (χ3n) is 3.25. The molecule has 1 N–H and O–H groups in total. The normalized spacial score (nSPS) is 11.0. The summed E-state index contributed by atoms with van der Waals surface area (Å²) in [4.78, 5) is 10.9. The van der Waals surface area contributed by atoms with Crippen LogP contribution < -0.4 is 5.32 Å². The molecule has 112 valence electrons. The van der Waals surface area contributed by atoms with E-state index < -0.39 is 0 Å². The summed E-state index contributed by atoms with van der Waals surface area (Å²) in [7, 11) is 2.10. The zero-order valence-corrected chi connectivity index (χ0v) is 12.9. The Labute approximate surface area is 127 Å². The van der Waals surface area contributed by atoms with Gasteiger partial charge in [0.2, 0.25) is 0 Å². The molecule has 2 rings (SSSR count). The van der Waals surface area contributed by atoms with Gasteiger partial charge in [-0.05, 0) is 43.3 Å². The molecule has 0 aliphatic rings. The lowest BCUT2D eigenvalue weighted by Gasteiger charge is -2.16. The second-order valence-electron chi connectivity index (χ2n) is 5.37. The molecule has 0 aromatic carbocycles. The minimum Gasteiger partial charge on any atom is -0.313 e. The molecule has 2 aromatic rings. The quantitative estimate of drug-likeness (QED) is 0.757. The van der Waals surface area contributed by atoms with Gasteiger partial charge < -0.3 is 5.32 Å². The topological polar surface area (TPSA) is 41.0 Å². The predicted octanol–water partition coefficient (Wildman–Crippen LogP) is 2.61. The largest absolute Gasteiger partial charge is 0.313 e. The van der Waals surface area contributed by atoms with E-state index in [0.717, 1.165) is 38.3 Å². The van der Waals surface area contributed by atoms with E-state index in [-0.39, 0.29) is 0 Å². The van der Waals surface area contributed by atoms with Crippen LogP contribution in [-0.2, 0) is 19.6 Å². The molecule has 2 heterocycles. The maximum atomic E-state index is 4.54. The highest BCUT2D eigenvalue weighted by Gasteiger charge is 2.03. The SMILES string of the molecule is CCCNCc1ccc(CN(C)Cc2cccnc2)nc1. The Balaban J connectivity index is 1.82. The Morgan fingerprint density at radius 2 is 2.00 bits per heavy atom. The van der Waals surface area contributed by atoms with Crippen LogP contribution in [0.15, 0.2) is 42.9 Å². The van der Waals surface area contributed by atoms with E-state index in [9.17, 15) is 0 Å². The first-order valence-electron chi connectivity index (χ1n) is 7.50. The first-order valence-corrected chi connectivity index (χ1v) is 7.50. The van der Waals surface area contributed by atoms with Gasteiger partial charge in [-0.1, -0.05) is 19.1 Å². The molecule has 4 heteroatoms. The van der Waals surface area contributed by atoms with E-state index in [2.05, 4.69) is 52.4 Å². The Kier molecular flexibility index (Phi) is 6.31. The lowest BCUT2D eigenvalue weighted by molar-refractivity contribution is 0.314. The van der Waals surface area contributed by atoms with Crippen molar-refractivity contribution in [1.82, 2.24) is 20.2 Å². The van der Waals surface area contributed by atoms with Crippen LogP contribution >= 0.6 is 0 Å². The van der Waals surface area contributed by atoms with Crippen molar-refractivity contribution in [3.63, 3.8) is 0 Å². The minimum atomic E-state index is 0.845. The summed E-state index contributed by atoms with van der Waals surface area (Å²) in [6.07, 6.45) is 6.84. The van der Waals surface area contributed by atoms with E-state index in [0.29, 0.717) is 0 Å². The van der Waals surface area contributed by atoms with Crippen molar-refractivity contribution in [2.45, 2.75) is 33.0 Å². The molecule has 0 amide bonds. The summed E-state index contributed by atoms with van der Waals surface area (Å²) < 4.78 is 0. The summed E-state index contributed by atoms with van der Waals surface area (Å²) in [6, 6.07) is 8.34. The summed E-state index contributed by atoms with van der Waals surface area (Å²) in [5.74, 6) is 0. The van der Waals surface area contributed by atoms with Crippen molar-refractivity contribution in [3.8, 4) is 0 Å². The van der Waals surface area contributed by atoms with Crippen molar-refractivity contribution in [3.05, 3.63) is 59.7 Å². The number of rotatable bonds is 8. The zero-order valence-electron chi connectivity index (χ0n) is 12.9. The highest BCUT2D eigenvalue weighted by atomic mass is 15.1. The number of hydrogen-bond acceptors (Lipinski definition) is 4. The van der Waals surface area contributed by atoms with Crippen LogP contribution in [0.3, 0.4) is 0 Å². The first-order chi connectivity index (χ1) is 10.3. The fourth-order valence-electron chi connectivity index (χ4n) is 2.20. The smallest absolute Gasteiger partial charge is 0.0544 e. The second-order valence-corrected chi connectivity index (χ2v) is 5.37. The second kappa shape index (κ2) is 8.49. The Morgan fingerprint density at radius 1 is 1.10 bits per heavy atom. The highest BCUT2D eigenvalue weighted by molar-refractivity contribution is 5.14. The van der Waals surface area contributed by atoms with E-state index in [1.165, 1.54) is 11.1 Å². The third kappa shape index (κ3) is 5.61. The van der Waals surface area contributed by atoms with Crippen LogP contribution in [0.4, 0.5) is 0 Å². The Morgan fingerprint density at radius 3 is 2.67 bits per heavy atom. The van der Waals surface area contributed by atoms with E-state index in [4.69, 9.17) is 0 Å². The van der Waals surface area contributed by atoms with Gasteiger partial charge in [0.25, 0.3) is 0 Å². The Bertz CT molecular complexity index is 510. The molecule has 0 radical (unpaired) electrons. The fourth-order valence-corrected chi connectivity index (χ4v) is 2.20. The van der Waals surface area contributed by atoms with Crippen molar-refractivity contribution >= 4 is 0 Å². The summed E-state index contributed by atoms with van der Waals surface area (Å²) in [5, 5.41) is 3.39. The average molecular weight is 284 g/mol. The minimum absolute atomic E-state index is 0.845. The monoisotopic (exact) mass is 284 g/mol. The van der Waals surface area contributed by atoms with Crippen molar-refractivity contribution in [2.24, 2.45) is 0 Å². The zero-order chi connectivity index (χ0) is 14.9. The molecular formula is C17H24N4. The molecule has 0 saturated heterocycles. The molecule has 21 heavy (non-hydrogen) atoms. The number of pyridine rings is 2. The van der Waals surface area contributed by atoms with Gasteiger partial charge in [-0.2, -0.15) is 0 Å². The maximum absolute atomic E-state index is 4.54. The van der Waals surface area contributed by atoms with Crippen LogP contribution in [0, 0.1) is 0 Å². The van der Waals surface area contributed by atoms with Crippen molar-refractivity contribution < 1.29 is 0 Å². The molecule has 4 nitrogen and oxygen atoms in total. The number of nitrogens with one attached hydrogen (secondary N) is 1. The molecule has 2 aromatic heterocycles. The van der Waals surface area contributed by atoms with Crippen LogP contribution in [0.1, 0.15) is 30.2 Å². The van der Waals surface area contributed by atoms with E-state index in [1.54, 1.807) is 6.20 Å². The highest BCUT2D eigenvalue weighted by Crippen LogP contribution is 2.06. The van der Waals surface area contributed by atoms with Crippen molar-refractivity contribution in [1.29, 1.82) is 0 Å². The molecule has 0 spiro atoms. The summed E-state index contributed by atoms with van der Waals surface area (Å²) in [5.41, 5.74) is 3.56. The van der Waals surface area contributed by atoms with Gasteiger partial charge in [-0.3, -0.25) is 14.9 Å². The van der Waals surface area contributed by atoms with Crippen molar-refractivity contribution in [2.75, 3.05) is 13.6 Å². The van der Waals surface area contributed by atoms with Gasteiger partial charge in [-0.25, -0.2) is 0 Å². The van der Waals surface area contributed by atoms with Crippen LogP contribution in [0.2, 0.25) is 0 Å². The molecule has 0 unspecified atom stereocenters. The standard InChI is InChI=1S/C17H24N4/c1-3-8-18-10-15-6-7-17(20-12-15)14-21(2)13-16-5-4-9-19-11-16/h4-7,9,11-12,18H,3,8,10,13-14H2,1-2H3. The molecule has 0 fully saturated rings. The fraction of sp³-hybridized carbons (Fsp3) is 0.412. The van der Waals surface area contributed by atoms with E-state index in [1.807, 2.05) is 18.5 Å². The van der Waals surface area contributed by atoms with Gasteiger partial charge in [0.05, 0.1) is 5.69 Å². The summed E-state index contributed by atoms with van der Waals surface area (Å²) >= 11 is 0. The van der Waals surface area contributed by atoms with Crippen LogP contribution in [-0.4, -0.2) is 28.5 Å². The Hall–Kier alpha value is -1.78. The van der Waals surface area contributed by atoms with Gasteiger partial charge in [0.15, 0.2) is 0 Å². The summed E-state index contributed by atoms with van der Waals surface area (Å²) in [6.45, 7) is 5.85. The molecule has 0 aliphatic carbocycles. The predicted molar refractivity (Wildman–Crippen MR) is 85.6 cm³/mol. The molecular weight excluding hydrogens is 260 g/mol.